The summed E-state index contributed by atoms with van der Waals surface area (Å²) in [5.41, 5.74) is 8.57. The summed E-state index contributed by atoms with van der Waals surface area (Å²) in [6.45, 7) is 1.77. The third-order valence-electron chi connectivity index (χ3n) is 6.16. The van der Waals surface area contributed by atoms with Crippen molar-refractivity contribution in [3.8, 4) is 22.6 Å². The van der Waals surface area contributed by atoms with Gasteiger partial charge in [0.05, 0.1) is 29.1 Å². The lowest BCUT2D eigenvalue weighted by molar-refractivity contribution is -0.137. The smallest absolute Gasteiger partial charge is 0.325 e. The van der Waals surface area contributed by atoms with Crippen LogP contribution in [0.2, 0.25) is 0 Å². The number of carboxylic acids is 1. The molecule has 4 heterocycles. The van der Waals surface area contributed by atoms with Gasteiger partial charge < -0.3 is 5.11 Å². The van der Waals surface area contributed by atoms with E-state index >= 15 is 0 Å². The van der Waals surface area contributed by atoms with Gasteiger partial charge in [-0.25, -0.2) is 9.67 Å². The van der Waals surface area contributed by atoms with Crippen LogP contribution in [0.3, 0.4) is 0 Å². The summed E-state index contributed by atoms with van der Waals surface area (Å²) in [5, 5.41) is 34.1. The van der Waals surface area contributed by atoms with E-state index in [0.717, 1.165) is 64.4 Å². The molecule has 5 aromatic rings. The van der Waals surface area contributed by atoms with Crippen molar-refractivity contribution in [2.45, 2.75) is 39.2 Å². The van der Waals surface area contributed by atoms with Gasteiger partial charge in [0, 0.05) is 22.0 Å². The first kappa shape index (κ1) is 18.7. The molecule has 0 spiro atoms. The number of nitrogens with one attached hydrogen (secondary N) is 2. The Morgan fingerprint density at radius 3 is 2.75 bits per heavy atom. The zero-order valence-corrected chi connectivity index (χ0v) is 17.4. The molecule has 0 radical (unpaired) electrons. The van der Waals surface area contributed by atoms with E-state index in [1.807, 2.05) is 25.3 Å². The summed E-state index contributed by atoms with van der Waals surface area (Å²) in [4.78, 5) is 16.1. The lowest BCUT2D eigenvalue weighted by Gasteiger charge is -2.21. The van der Waals surface area contributed by atoms with Crippen LogP contribution in [0.1, 0.15) is 29.7 Å². The SMILES string of the molecule is Cc1[nH]ncc1-c1nc2ccc3[nH]nc(-c4cn(CC(=O)O)nn4)c3c2c2c1CCCC2. The van der Waals surface area contributed by atoms with Crippen molar-refractivity contribution in [3.05, 3.63) is 41.3 Å². The molecule has 32 heavy (non-hydrogen) atoms. The van der Waals surface area contributed by atoms with Gasteiger partial charge in [-0.05, 0) is 55.9 Å². The maximum absolute atomic E-state index is 11.0. The lowest BCUT2D eigenvalue weighted by Crippen LogP contribution is -2.08. The van der Waals surface area contributed by atoms with Gasteiger partial charge >= 0.3 is 5.97 Å². The molecular weight excluding hydrogens is 408 g/mol. The highest BCUT2D eigenvalue weighted by atomic mass is 16.4. The normalized spacial score (nSPS) is 13.7. The standard InChI is InChI=1S/C22H20N8O2/c1-11-14(8-23-25-11)21-13-5-3-2-4-12(13)19-15(24-21)6-7-16-20(19)22(28-26-16)17-9-30(29-27-17)10-18(31)32/h6-9H,2-5,10H2,1H3,(H,23,25)(H,26,28)(H,31,32). The van der Waals surface area contributed by atoms with Crippen LogP contribution in [-0.4, -0.2) is 51.4 Å². The topological polar surface area (TPSA) is 138 Å². The monoisotopic (exact) mass is 428 g/mol. The number of aromatic nitrogens is 8. The molecule has 0 aliphatic heterocycles. The van der Waals surface area contributed by atoms with Crippen LogP contribution >= 0.6 is 0 Å². The highest BCUT2D eigenvalue weighted by Gasteiger charge is 2.24. The first-order valence-corrected chi connectivity index (χ1v) is 10.6. The van der Waals surface area contributed by atoms with Crippen molar-refractivity contribution in [1.29, 1.82) is 0 Å². The second-order valence-corrected chi connectivity index (χ2v) is 8.18. The molecule has 6 rings (SSSR count). The first-order valence-electron chi connectivity index (χ1n) is 10.6. The number of hydrogen-bond acceptors (Lipinski definition) is 6. The summed E-state index contributed by atoms with van der Waals surface area (Å²) in [6.07, 6.45) is 7.65. The Hall–Kier alpha value is -4.08. The minimum absolute atomic E-state index is 0.250. The van der Waals surface area contributed by atoms with Gasteiger partial charge in [0.15, 0.2) is 0 Å². The Morgan fingerprint density at radius 2 is 1.97 bits per heavy atom. The van der Waals surface area contributed by atoms with E-state index in [9.17, 15) is 4.79 Å². The minimum Gasteiger partial charge on any atom is -0.480 e. The average Bonchev–Trinajstić information content (AvgIpc) is 3.52. The van der Waals surface area contributed by atoms with E-state index in [2.05, 4.69) is 30.7 Å². The van der Waals surface area contributed by atoms with Crippen LogP contribution in [0.5, 0.6) is 0 Å². The molecule has 1 aliphatic carbocycles. The third-order valence-corrected chi connectivity index (χ3v) is 6.16. The average molecular weight is 428 g/mol. The quantitative estimate of drug-likeness (QED) is 0.400. The summed E-state index contributed by atoms with van der Waals surface area (Å²) < 4.78 is 1.30. The van der Waals surface area contributed by atoms with E-state index in [1.165, 1.54) is 15.8 Å². The Labute approximate surface area is 181 Å². The highest BCUT2D eigenvalue weighted by Crippen LogP contribution is 2.40. The number of aryl methyl sites for hydroxylation is 2. The van der Waals surface area contributed by atoms with Gasteiger partial charge in [-0.15, -0.1) is 5.10 Å². The lowest BCUT2D eigenvalue weighted by atomic mass is 9.85. The molecule has 1 aromatic carbocycles. The molecule has 0 fully saturated rings. The van der Waals surface area contributed by atoms with E-state index in [-0.39, 0.29) is 6.54 Å². The summed E-state index contributed by atoms with van der Waals surface area (Å²) in [5.74, 6) is -0.973. The highest BCUT2D eigenvalue weighted by molar-refractivity contribution is 6.13. The van der Waals surface area contributed by atoms with Crippen molar-refractivity contribution in [3.63, 3.8) is 0 Å². The molecule has 0 saturated heterocycles. The van der Waals surface area contributed by atoms with Crippen LogP contribution in [0.25, 0.3) is 44.5 Å². The van der Waals surface area contributed by atoms with Crippen LogP contribution in [0.15, 0.2) is 24.5 Å². The number of rotatable bonds is 4. The molecule has 4 aromatic heterocycles. The fraction of sp³-hybridized carbons (Fsp3) is 0.273. The molecule has 0 amide bonds. The molecule has 1 aliphatic rings. The number of nitrogens with zero attached hydrogens (tertiary/aromatic N) is 6. The third kappa shape index (κ3) is 2.79. The number of hydrogen-bond donors (Lipinski definition) is 3. The summed E-state index contributed by atoms with van der Waals surface area (Å²) >= 11 is 0. The minimum atomic E-state index is -0.973. The zero-order valence-electron chi connectivity index (χ0n) is 17.4. The number of H-pyrrole nitrogens is 2. The molecule has 160 valence electrons. The van der Waals surface area contributed by atoms with Crippen molar-refractivity contribution in [2.75, 3.05) is 0 Å². The van der Waals surface area contributed by atoms with E-state index < -0.39 is 5.97 Å². The zero-order chi connectivity index (χ0) is 21.8. The van der Waals surface area contributed by atoms with E-state index in [4.69, 9.17) is 10.1 Å². The number of fused-ring (bicyclic) bond motifs is 5. The van der Waals surface area contributed by atoms with Crippen LogP contribution in [0.4, 0.5) is 0 Å². The number of benzene rings is 1. The second-order valence-electron chi connectivity index (χ2n) is 8.18. The van der Waals surface area contributed by atoms with Gasteiger partial charge in [0.2, 0.25) is 0 Å². The maximum atomic E-state index is 11.0. The van der Waals surface area contributed by atoms with Crippen LogP contribution < -0.4 is 0 Å². The Morgan fingerprint density at radius 1 is 1.12 bits per heavy atom. The fourth-order valence-electron chi connectivity index (χ4n) is 4.75. The number of carbonyl (C=O) groups is 1. The van der Waals surface area contributed by atoms with Crippen molar-refractivity contribution in [2.24, 2.45) is 0 Å². The van der Waals surface area contributed by atoms with Gasteiger partial charge in [0.1, 0.15) is 17.9 Å². The second kappa shape index (κ2) is 6.98. The van der Waals surface area contributed by atoms with Crippen molar-refractivity contribution >= 4 is 27.8 Å². The predicted molar refractivity (Wildman–Crippen MR) is 117 cm³/mol. The molecule has 10 nitrogen and oxygen atoms in total. The van der Waals surface area contributed by atoms with Gasteiger partial charge in [-0.2, -0.15) is 10.2 Å². The van der Waals surface area contributed by atoms with Crippen molar-refractivity contribution in [1.82, 2.24) is 40.4 Å². The molecule has 10 heteroatoms. The first-order chi connectivity index (χ1) is 15.6. The predicted octanol–water partition coefficient (Wildman–Crippen LogP) is 3.03. The van der Waals surface area contributed by atoms with Crippen molar-refractivity contribution < 1.29 is 9.90 Å². The van der Waals surface area contributed by atoms with Crippen LogP contribution in [0, 0.1) is 6.92 Å². The Kier molecular flexibility index (Phi) is 4.07. The molecule has 0 saturated carbocycles. The summed E-state index contributed by atoms with van der Waals surface area (Å²) in [7, 11) is 0. The molecule has 0 atom stereocenters. The number of aromatic amines is 2. The maximum Gasteiger partial charge on any atom is 0.325 e. The van der Waals surface area contributed by atoms with Crippen LogP contribution in [-0.2, 0) is 24.2 Å². The molecule has 0 unspecified atom stereocenters. The number of carboxylic acid groups (broad SMARTS) is 1. The number of pyridine rings is 1. The van der Waals surface area contributed by atoms with Gasteiger partial charge in [-0.3, -0.25) is 15.0 Å². The van der Waals surface area contributed by atoms with Gasteiger partial charge in [-0.1, -0.05) is 5.21 Å². The van der Waals surface area contributed by atoms with Gasteiger partial charge in [0.25, 0.3) is 0 Å². The largest absolute Gasteiger partial charge is 0.480 e. The Balaban J connectivity index is 1.64. The van der Waals surface area contributed by atoms with E-state index in [1.54, 1.807) is 6.20 Å². The fourth-order valence-corrected chi connectivity index (χ4v) is 4.75. The number of aliphatic carboxylic acids is 1. The molecular formula is C22H20N8O2. The van der Waals surface area contributed by atoms with E-state index in [0.29, 0.717) is 11.4 Å². The molecule has 0 bridgehead atoms. The summed E-state index contributed by atoms with van der Waals surface area (Å²) in [6, 6.07) is 4.00. The Bertz CT molecular complexity index is 1510. The molecule has 3 N–H and O–H groups in total.